The second kappa shape index (κ2) is 6.19. The van der Waals surface area contributed by atoms with Gasteiger partial charge in [-0.05, 0) is 44.2 Å². The standard InChI is InChI=1S/C15H25N3/c1-12-9-14(10-13(2)16)11-17-15(12)18-7-5-3-4-6-8-18/h9,11,13H,3-8,10,16H2,1-2H3. The number of nitrogens with two attached hydrogens (primary N) is 1. The number of pyridine rings is 1. The highest BCUT2D eigenvalue weighted by molar-refractivity contribution is 5.47. The largest absolute Gasteiger partial charge is 0.356 e. The third-order valence-corrected chi connectivity index (χ3v) is 3.57. The maximum absolute atomic E-state index is 5.84. The molecule has 2 N–H and O–H groups in total. The maximum atomic E-state index is 5.84. The number of nitrogens with zero attached hydrogens (tertiary/aromatic N) is 2. The van der Waals surface area contributed by atoms with Gasteiger partial charge in [-0.1, -0.05) is 18.9 Å². The third kappa shape index (κ3) is 3.45. The molecule has 3 nitrogen and oxygen atoms in total. The maximum Gasteiger partial charge on any atom is 0.131 e. The molecular formula is C15H25N3. The highest BCUT2D eigenvalue weighted by Crippen LogP contribution is 2.22. The number of aromatic nitrogens is 1. The van der Waals surface area contributed by atoms with E-state index < -0.39 is 0 Å². The Labute approximate surface area is 110 Å². The van der Waals surface area contributed by atoms with Gasteiger partial charge < -0.3 is 10.6 Å². The SMILES string of the molecule is Cc1cc(CC(C)N)cnc1N1CCCCCC1. The molecule has 1 fully saturated rings. The summed E-state index contributed by atoms with van der Waals surface area (Å²) in [7, 11) is 0. The minimum atomic E-state index is 0.204. The Bertz CT molecular complexity index is 379. The predicted octanol–water partition coefficient (Wildman–Crippen LogP) is 2.66. The van der Waals surface area contributed by atoms with Crippen molar-refractivity contribution < 1.29 is 0 Å². The van der Waals surface area contributed by atoms with Crippen LogP contribution in [0, 0.1) is 6.92 Å². The van der Waals surface area contributed by atoms with Gasteiger partial charge in [0.05, 0.1) is 0 Å². The molecule has 0 bridgehead atoms. The molecule has 1 aliphatic heterocycles. The first-order chi connectivity index (χ1) is 8.66. The molecule has 18 heavy (non-hydrogen) atoms. The molecule has 1 aliphatic rings. The zero-order chi connectivity index (χ0) is 13.0. The number of anilines is 1. The van der Waals surface area contributed by atoms with Gasteiger partial charge in [-0.3, -0.25) is 0 Å². The Kier molecular flexibility index (Phi) is 4.59. The van der Waals surface area contributed by atoms with E-state index in [0.29, 0.717) is 0 Å². The summed E-state index contributed by atoms with van der Waals surface area (Å²) in [6.07, 6.45) is 8.22. The van der Waals surface area contributed by atoms with Gasteiger partial charge in [0.25, 0.3) is 0 Å². The molecule has 100 valence electrons. The molecule has 0 aromatic carbocycles. The summed E-state index contributed by atoms with van der Waals surface area (Å²) < 4.78 is 0. The molecule has 1 aromatic rings. The summed E-state index contributed by atoms with van der Waals surface area (Å²) in [4.78, 5) is 7.11. The first-order valence-electron chi connectivity index (χ1n) is 7.13. The Morgan fingerprint density at radius 3 is 2.50 bits per heavy atom. The molecular weight excluding hydrogens is 222 g/mol. The van der Waals surface area contributed by atoms with Crippen LogP contribution in [-0.4, -0.2) is 24.1 Å². The second-order valence-corrected chi connectivity index (χ2v) is 5.57. The van der Waals surface area contributed by atoms with E-state index in [1.807, 2.05) is 13.1 Å². The fraction of sp³-hybridized carbons (Fsp3) is 0.667. The number of hydrogen-bond acceptors (Lipinski definition) is 3. The van der Waals surface area contributed by atoms with Crippen molar-refractivity contribution in [2.75, 3.05) is 18.0 Å². The number of rotatable bonds is 3. The average Bonchev–Trinajstić information content (AvgIpc) is 2.57. The topological polar surface area (TPSA) is 42.1 Å². The van der Waals surface area contributed by atoms with Crippen LogP contribution in [0.15, 0.2) is 12.3 Å². The number of hydrogen-bond donors (Lipinski definition) is 1. The molecule has 0 spiro atoms. The predicted molar refractivity (Wildman–Crippen MR) is 77.0 cm³/mol. The molecule has 1 atom stereocenters. The summed E-state index contributed by atoms with van der Waals surface area (Å²) in [6, 6.07) is 2.45. The Hall–Kier alpha value is -1.09. The zero-order valence-electron chi connectivity index (χ0n) is 11.7. The van der Waals surface area contributed by atoms with Crippen molar-refractivity contribution in [2.24, 2.45) is 5.73 Å². The molecule has 1 unspecified atom stereocenters. The normalized spacial score (nSPS) is 18.5. The summed E-state index contributed by atoms with van der Waals surface area (Å²) in [6.45, 7) is 6.51. The first-order valence-corrected chi connectivity index (χ1v) is 7.13. The average molecular weight is 247 g/mol. The third-order valence-electron chi connectivity index (χ3n) is 3.57. The lowest BCUT2D eigenvalue weighted by molar-refractivity contribution is 0.726. The highest BCUT2D eigenvalue weighted by Gasteiger charge is 2.13. The van der Waals surface area contributed by atoms with Gasteiger partial charge in [0.1, 0.15) is 5.82 Å². The summed E-state index contributed by atoms with van der Waals surface area (Å²) in [5.74, 6) is 1.17. The van der Waals surface area contributed by atoms with Crippen LogP contribution in [0.4, 0.5) is 5.82 Å². The second-order valence-electron chi connectivity index (χ2n) is 5.57. The van der Waals surface area contributed by atoms with Crippen LogP contribution in [0.2, 0.25) is 0 Å². The van der Waals surface area contributed by atoms with E-state index in [-0.39, 0.29) is 6.04 Å². The molecule has 1 aromatic heterocycles. The van der Waals surface area contributed by atoms with Crippen molar-refractivity contribution >= 4 is 5.82 Å². The van der Waals surface area contributed by atoms with Crippen LogP contribution >= 0.6 is 0 Å². The van der Waals surface area contributed by atoms with Gasteiger partial charge in [-0.2, -0.15) is 0 Å². The molecule has 0 saturated carbocycles. The van der Waals surface area contributed by atoms with Crippen molar-refractivity contribution in [1.82, 2.24) is 4.98 Å². The van der Waals surface area contributed by atoms with Crippen molar-refractivity contribution in [2.45, 2.75) is 52.0 Å². The van der Waals surface area contributed by atoms with Crippen LogP contribution < -0.4 is 10.6 Å². The lowest BCUT2D eigenvalue weighted by Crippen LogP contribution is -2.26. The fourth-order valence-electron chi connectivity index (χ4n) is 2.72. The molecule has 3 heteroatoms. The van der Waals surface area contributed by atoms with Crippen LogP contribution in [-0.2, 0) is 6.42 Å². The van der Waals surface area contributed by atoms with E-state index >= 15 is 0 Å². The monoisotopic (exact) mass is 247 g/mol. The van der Waals surface area contributed by atoms with Crippen molar-refractivity contribution in [1.29, 1.82) is 0 Å². The lowest BCUT2D eigenvalue weighted by Gasteiger charge is -2.23. The van der Waals surface area contributed by atoms with E-state index in [9.17, 15) is 0 Å². The minimum absolute atomic E-state index is 0.204. The smallest absolute Gasteiger partial charge is 0.131 e. The Balaban J connectivity index is 2.12. The lowest BCUT2D eigenvalue weighted by atomic mass is 10.1. The van der Waals surface area contributed by atoms with Crippen molar-refractivity contribution in [3.63, 3.8) is 0 Å². The van der Waals surface area contributed by atoms with Gasteiger partial charge in [0.2, 0.25) is 0 Å². The fourth-order valence-corrected chi connectivity index (χ4v) is 2.72. The van der Waals surface area contributed by atoms with Crippen LogP contribution in [0.3, 0.4) is 0 Å². The van der Waals surface area contributed by atoms with Crippen LogP contribution in [0.25, 0.3) is 0 Å². The molecule has 0 radical (unpaired) electrons. The number of aryl methyl sites for hydroxylation is 1. The van der Waals surface area contributed by atoms with Gasteiger partial charge >= 0.3 is 0 Å². The van der Waals surface area contributed by atoms with Gasteiger partial charge in [0, 0.05) is 25.3 Å². The zero-order valence-corrected chi connectivity index (χ0v) is 11.7. The Morgan fingerprint density at radius 2 is 1.94 bits per heavy atom. The molecule has 2 heterocycles. The van der Waals surface area contributed by atoms with Gasteiger partial charge in [-0.25, -0.2) is 4.98 Å². The molecule has 1 saturated heterocycles. The van der Waals surface area contributed by atoms with E-state index in [2.05, 4.69) is 22.9 Å². The van der Waals surface area contributed by atoms with Crippen molar-refractivity contribution in [3.8, 4) is 0 Å². The highest BCUT2D eigenvalue weighted by atomic mass is 15.2. The van der Waals surface area contributed by atoms with E-state index in [1.165, 1.54) is 42.6 Å². The quantitative estimate of drug-likeness (QED) is 0.893. The van der Waals surface area contributed by atoms with E-state index in [0.717, 1.165) is 19.5 Å². The van der Waals surface area contributed by atoms with Crippen LogP contribution in [0.1, 0.15) is 43.7 Å². The molecule has 0 aliphatic carbocycles. The summed E-state index contributed by atoms with van der Waals surface area (Å²) in [5.41, 5.74) is 8.38. The summed E-state index contributed by atoms with van der Waals surface area (Å²) in [5, 5.41) is 0. The molecule has 2 rings (SSSR count). The summed E-state index contributed by atoms with van der Waals surface area (Å²) >= 11 is 0. The minimum Gasteiger partial charge on any atom is -0.356 e. The molecule has 0 amide bonds. The van der Waals surface area contributed by atoms with Crippen LogP contribution in [0.5, 0.6) is 0 Å². The Morgan fingerprint density at radius 1 is 1.28 bits per heavy atom. The first kappa shape index (κ1) is 13.3. The van der Waals surface area contributed by atoms with E-state index in [4.69, 9.17) is 5.73 Å². The van der Waals surface area contributed by atoms with Gasteiger partial charge in [0.15, 0.2) is 0 Å². The van der Waals surface area contributed by atoms with Gasteiger partial charge in [-0.15, -0.1) is 0 Å². The van der Waals surface area contributed by atoms with Crippen molar-refractivity contribution in [3.05, 3.63) is 23.4 Å². The van der Waals surface area contributed by atoms with E-state index in [1.54, 1.807) is 0 Å².